The average molecular weight is 409 g/mol. The Kier molecular flexibility index (Phi) is 6.79. The maximum absolute atomic E-state index is 12.9. The number of aliphatic hydroxyl groups excluding tert-OH is 1. The smallest absolute Gasteiger partial charge is 0.289 e. The number of ether oxygens (including phenoxy) is 2. The minimum atomic E-state index is -0.796. The summed E-state index contributed by atoms with van der Waals surface area (Å²) in [5, 5.41) is 10.6. The molecule has 6 heteroatoms. The van der Waals surface area contributed by atoms with Gasteiger partial charge in [-0.1, -0.05) is 30.3 Å². The van der Waals surface area contributed by atoms with E-state index in [4.69, 9.17) is 13.9 Å². The first kappa shape index (κ1) is 21.5. The molecule has 0 aliphatic heterocycles. The van der Waals surface area contributed by atoms with Crippen LogP contribution in [0.5, 0.6) is 11.5 Å². The highest BCUT2D eigenvalue weighted by Gasteiger charge is 2.26. The fourth-order valence-corrected chi connectivity index (χ4v) is 3.29. The summed E-state index contributed by atoms with van der Waals surface area (Å²) >= 11 is 0. The van der Waals surface area contributed by atoms with Gasteiger partial charge in [-0.15, -0.1) is 0 Å². The van der Waals surface area contributed by atoms with Gasteiger partial charge in [-0.05, 0) is 42.8 Å². The van der Waals surface area contributed by atoms with Crippen LogP contribution in [0, 0.1) is 0 Å². The summed E-state index contributed by atoms with van der Waals surface area (Å²) in [4.78, 5) is 14.4. The molecule has 158 valence electrons. The molecule has 1 aromatic heterocycles. The van der Waals surface area contributed by atoms with Crippen LogP contribution in [-0.4, -0.2) is 43.2 Å². The second-order valence-electron chi connectivity index (χ2n) is 7.13. The van der Waals surface area contributed by atoms with E-state index < -0.39 is 12.1 Å². The number of benzene rings is 2. The van der Waals surface area contributed by atoms with Crippen LogP contribution in [0.15, 0.2) is 65.1 Å². The number of carbonyl (C=O) groups is 1. The molecule has 3 aromatic rings. The highest BCUT2D eigenvalue weighted by atomic mass is 16.5. The molecule has 2 atom stereocenters. The Labute approximate surface area is 176 Å². The predicted octanol–water partition coefficient (Wildman–Crippen LogP) is 4.08. The molecule has 1 amide bonds. The van der Waals surface area contributed by atoms with Crippen LogP contribution in [-0.2, 0) is 6.42 Å². The van der Waals surface area contributed by atoms with Crippen molar-refractivity contribution in [3.8, 4) is 11.5 Å². The Morgan fingerprint density at radius 2 is 1.80 bits per heavy atom. The molecule has 3 rings (SSSR count). The Morgan fingerprint density at radius 1 is 1.07 bits per heavy atom. The maximum atomic E-state index is 12.9. The number of likely N-dealkylation sites (N-methyl/N-ethyl adjacent to an activating group) is 1. The molecular weight excluding hydrogens is 382 g/mol. The van der Waals surface area contributed by atoms with Crippen LogP contribution < -0.4 is 9.47 Å². The summed E-state index contributed by atoms with van der Waals surface area (Å²) in [5.41, 5.74) is 1.65. The van der Waals surface area contributed by atoms with E-state index in [0.717, 1.165) is 22.6 Å². The van der Waals surface area contributed by atoms with Gasteiger partial charge in [0.15, 0.2) is 5.76 Å². The number of furan rings is 1. The van der Waals surface area contributed by atoms with E-state index in [1.165, 1.54) is 4.90 Å². The number of amides is 1. The van der Waals surface area contributed by atoms with E-state index in [0.29, 0.717) is 12.2 Å². The van der Waals surface area contributed by atoms with Crippen molar-refractivity contribution >= 4 is 5.91 Å². The molecule has 0 fully saturated rings. The number of hydrogen-bond acceptors (Lipinski definition) is 5. The van der Waals surface area contributed by atoms with Crippen molar-refractivity contribution in [1.29, 1.82) is 0 Å². The topological polar surface area (TPSA) is 72.1 Å². The van der Waals surface area contributed by atoms with Crippen molar-refractivity contribution < 1.29 is 23.8 Å². The van der Waals surface area contributed by atoms with Gasteiger partial charge in [0.05, 0.1) is 26.4 Å². The molecule has 1 unspecified atom stereocenters. The van der Waals surface area contributed by atoms with E-state index in [1.54, 1.807) is 40.3 Å². The second-order valence-corrected chi connectivity index (χ2v) is 7.13. The van der Waals surface area contributed by atoms with E-state index in [-0.39, 0.29) is 11.7 Å². The monoisotopic (exact) mass is 409 g/mol. The van der Waals surface area contributed by atoms with Gasteiger partial charge < -0.3 is 23.9 Å². The van der Waals surface area contributed by atoms with Gasteiger partial charge in [0, 0.05) is 19.0 Å². The molecule has 1 heterocycles. The third kappa shape index (κ3) is 4.66. The van der Waals surface area contributed by atoms with Gasteiger partial charge in [-0.3, -0.25) is 4.79 Å². The molecular formula is C24H27NO5. The van der Waals surface area contributed by atoms with Crippen molar-refractivity contribution in [3.05, 3.63) is 83.3 Å². The van der Waals surface area contributed by atoms with Crippen LogP contribution in [0.25, 0.3) is 0 Å². The summed E-state index contributed by atoms with van der Waals surface area (Å²) in [6.45, 7) is 1.81. The quantitative estimate of drug-likeness (QED) is 0.607. The molecule has 0 aliphatic rings. The van der Waals surface area contributed by atoms with Crippen molar-refractivity contribution in [3.63, 3.8) is 0 Å². The van der Waals surface area contributed by atoms with Crippen LogP contribution in [0.1, 0.15) is 40.5 Å². The second kappa shape index (κ2) is 9.50. The van der Waals surface area contributed by atoms with Crippen LogP contribution >= 0.6 is 0 Å². The van der Waals surface area contributed by atoms with E-state index in [1.807, 2.05) is 48.5 Å². The zero-order valence-electron chi connectivity index (χ0n) is 17.7. The number of hydrogen-bond donors (Lipinski definition) is 1. The lowest BCUT2D eigenvalue weighted by Gasteiger charge is -2.28. The zero-order valence-corrected chi connectivity index (χ0v) is 17.7. The Hall–Kier alpha value is -3.25. The number of aliphatic hydroxyl groups is 1. The third-order valence-corrected chi connectivity index (χ3v) is 5.25. The lowest BCUT2D eigenvalue weighted by molar-refractivity contribution is 0.0460. The third-order valence-electron chi connectivity index (χ3n) is 5.25. The number of carbonyl (C=O) groups excluding carboxylic acids is 1. The standard InChI is InChI=1S/C24H27NO5/c1-16(23(26)17-8-6-5-7-9-17)25(2)24(27)22-13-11-20(30-22)15-18-14-19(28-3)10-12-21(18)29-4/h5-14,16,23,26H,15H2,1-4H3/t16?,23-/m0/s1. The summed E-state index contributed by atoms with van der Waals surface area (Å²) in [6.07, 6.45) is -0.338. The van der Waals surface area contributed by atoms with E-state index >= 15 is 0 Å². The molecule has 6 nitrogen and oxygen atoms in total. The lowest BCUT2D eigenvalue weighted by Crippen LogP contribution is -2.38. The number of rotatable bonds is 8. The molecule has 0 saturated heterocycles. The molecule has 0 radical (unpaired) electrons. The molecule has 0 saturated carbocycles. The molecule has 0 spiro atoms. The van der Waals surface area contributed by atoms with Crippen molar-refractivity contribution in [2.75, 3.05) is 21.3 Å². The first-order chi connectivity index (χ1) is 14.4. The molecule has 30 heavy (non-hydrogen) atoms. The highest BCUT2D eigenvalue weighted by molar-refractivity contribution is 5.91. The molecule has 2 aromatic carbocycles. The average Bonchev–Trinajstić information content (AvgIpc) is 3.26. The Balaban J connectivity index is 1.73. The first-order valence-corrected chi connectivity index (χ1v) is 9.74. The van der Waals surface area contributed by atoms with Gasteiger partial charge in [0.1, 0.15) is 17.3 Å². The zero-order chi connectivity index (χ0) is 21.7. The van der Waals surface area contributed by atoms with Crippen molar-refractivity contribution in [2.45, 2.75) is 25.5 Å². The minimum Gasteiger partial charge on any atom is -0.497 e. The highest BCUT2D eigenvalue weighted by Crippen LogP contribution is 2.27. The fourth-order valence-electron chi connectivity index (χ4n) is 3.29. The van der Waals surface area contributed by atoms with Gasteiger partial charge in [-0.2, -0.15) is 0 Å². The van der Waals surface area contributed by atoms with Crippen LogP contribution in [0.3, 0.4) is 0 Å². The van der Waals surface area contributed by atoms with Crippen molar-refractivity contribution in [2.24, 2.45) is 0 Å². The molecule has 1 N–H and O–H groups in total. The number of methoxy groups -OCH3 is 2. The molecule has 0 bridgehead atoms. The molecule has 0 aliphatic carbocycles. The van der Waals surface area contributed by atoms with Crippen LogP contribution in [0.2, 0.25) is 0 Å². The summed E-state index contributed by atoms with van der Waals surface area (Å²) in [6, 6.07) is 17.8. The van der Waals surface area contributed by atoms with E-state index in [2.05, 4.69) is 0 Å². The number of nitrogens with zero attached hydrogens (tertiary/aromatic N) is 1. The van der Waals surface area contributed by atoms with Gasteiger partial charge in [0.25, 0.3) is 5.91 Å². The normalized spacial score (nSPS) is 12.8. The fraction of sp³-hybridized carbons (Fsp3) is 0.292. The summed E-state index contributed by atoms with van der Waals surface area (Å²) in [5.74, 6) is 2.01. The maximum Gasteiger partial charge on any atom is 0.289 e. The van der Waals surface area contributed by atoms with Gasteiger partial charge >= 0.3 is 0 Å². The minimum absolute atomic E-state index is 0.224. The van der Waals surface area contributed by atoms with Gasteiger partial charge in [-0.25, -0.2) is 0 Å². The van der Waals surface area contributed by atoms with E-state index in [9.17, 15) is 9.90 Å². The van der Waals surface area contributed by atoms with Crippen LogP contribution in [0.4, 0.5) is 0 Å². The summed E-state index contributed by atoms with van der Waals surface area (Å²) < 4.78 is 16.5. The summed E-state index contributed by atoms with van der Waals surface area (Å²) in [7, 11) is 4.87. The van der Waals surface area contributed by atoms with Gasteiger partial charge in [0.2, 0.25) is 0 Å². The van der Waals surface area contributed by atoms with Crippen molar-refractivity contribution in [1.82, 2.24) is 4.90 Å². The predicted molar refractivity (Wildman–Crippen MR) is 114 cm³/mol. The largest absolute Gasteiger partial charge is 0.497 e. The SMILES string of the molecule is COc1ccc(OC)c(Cc2ccc(C(=O)N(C)C(C)[C@H](O)c3ccccc3)o2)c1. The first-order valence-electron chi connectivity index (χ1n) is 9.74. The lowest BCUT2D eigenvalue weighted by atomic mass is 10.0. The Morgan fingerprint density at radius 3 is 2.47 bits per heavy atom. The Bertz CT molecular complexity index is 982.